The van der Waals surface area contributed by atoms with Gasteiger partial charge in [-0.15, -0.1) is 0 Å². The molecule has 1 heterocycles. The summed E-state index contributed by atoms with van der Waals surface area (Å²) in [6, 6.07) is 0.952. The Morgan fingerprint density at radius 1 is 1.41 bits per heavy atom. The maximum Gasteiger partial charge on any atom is 0.423 e. The lowest BCUT2D eigenvalue weighted by molar-refractivity contribution is -0.162. The van der Waals surface area contributed by atoms with Crippen LogP contribution in [0.2, 0.25) is 0 Å². The Balaban J connectivity index is 2.79. The SMILES string of the molecule is CCOC(=O)C(=O)Oc1coc(CO)cc1=O. The van der Waals surface area contributed by atoms with Crippen LogP contribution in [-0.4, -0.2) is 23.7 Å². The van der Waals surface area contributed by atoms with E-state index < -0.39 is 29.7 Å². The minimum Gasteiger partial charge on any atom is -0.463 e. The first-order valence-electron chi connectivity index (χ1n) is 4.70. The van der Waals surface area contributed by atoms with Gasteiger partial charge in [0.15, 0.2) is 0 Å². The van der Waals surface area contributed by atoms with Gasteiger partial charge in [-0.3, -0.25) is 4.79 Å². The number of carbonyl (C=O) groups excluding carboxylic acids is 2. The monoisotopic (exact) mass is 242 g/mol. The molecule has 7 heteroatoms. The van der Waals surface area contributed by atoms with Crippen LogP contribution in [0, 0.1) is 0 Å². The van der Waals surface area contributed by atoms with Crippen LogP contribution in [0.1, 0.15) is 12.7 Å². The van der Waals surface area contributed by atoms with E-state index in [0.29, 0.717) is 0 Å². The van der Waals surface area contributed by atoms with Crippen molar-refractivity contribution in [3.05, 3.63) is 28.3 Å². The number of hydrogen-bond donors (Lipinski definition) is 1. The summed E-state index contributed by atoms with van der Waals surface area (Å²) in [6.45, 7) is 1.09. The number of esters is 2. The Hall–Kier alpha value is -2.15. The number of aliphatic hydroxyl groups excluding tert-OH is 1. The first-order valence-corrected chi connectivity index (χ1v) is 4.70. The minimum absolute atomic E-state index is 0.0194. The third-order valence-electron chi connectivity index (χ3n) is 1.65. The van der Waals surface area contributed by atoms with E-state index in [-0.39, 0.29) is 12.4 Å². The summed E-state index contributed by atoms with van der Waals surface area (Å²) >= 11 is 0. The van der Waals surface area contributed by atoms with Crippen molar-refractivity contribution in [2.75, 3.05) is 6.61 Å². The molecular formula is C10H10O7. The van der Waals surface area contributed by atoms with Crippen molar-refractivity contribution >= 4 is 11.9 Å². The van der Waals surface area contributed by atoms with Crippen LogP contribution in [0.3, 0.4) is 0 Å². The molecule has 0 saturated heterocycles. The van der Waals surface area contributed by atoms with Crippen molar-refractivity contribution < 1.29 is 28.6 Å². The van der Waals surface area contributed by atoms with Gasteiger partial charge in [-0.25, -0.2) is 9.59 Å². The third kappa shape index (κ3) is 3.42. The molecule has 0 saturated carbocycles. The maximum atomic E-state index is 11.3. The highest BCUT2D eigenvalue weighted by molar-refractivity contribution is 6.30. The molecule has 17 heavy (non-hydrogen) atoms. The molecule has 1 N–H and O–H groups in total. The summed E-state index contributed by atoms with van der Waals surface area (Å²) in [7, 11) is 0. The molecule has 1 rings (SSSR count). The molecule has 0 aromatic carbocycles. The molecule has 0 aliphatic carbocycles. The van der Waals surface area contributed by atoms with Crippen molar-refractivity contribution in [1.82, 2.24) is 0 Å². The zero-order chi connectivity index (χ0) is 12.8. The fourth-order valence-corrected chi connectivity index (χ4v) is 0.927. The largest absolute Gasteiger partial charge is 0.463 e. The molecule has 0 unspecified atom stereocenters. The topological polar surface area (TPSA) is 103 Å². The Labute approximate surface area is 95.6 Å². The van der Waals surface area contributed by atoms with Gasteiger partial charge >= 0.3 is 11.9 Å². The molecule has 7 nitrogen and oxygen atoms in total. The summed E-state index contributed by atoms with van der Waals surface area (Å²) in [5.41, 5.74) is -0.682. The van der Waals surface area contributed by atoms with Crippen LogP contribution >= 0.6 is 0 Å². The fourth-order valence-electron chi connectivity index (χ4n) is 0.927. The first-order chi connectivity index (χ1) is 8.08. The molecule has 0 fully saturated rings. The van der Waals surface area contributed by atoms with E-state index >= 15 is 0 Å². The summed E-state index contributed by atoms with van der Waals surface area (Å²) in [5.74, 6) is -2.93. The van der Waals surface area contributed by atoms with Gasteiger partial charge in [-0.1, -0.05) is 0 Å². The number of ether oxygens (including phenoxy) is 2. The Morgan fingerprint density at radius 3 is 2.65 bits per heavy atom. The quantitative estimate of drug-likeness (QED) is 0.568. The zero-order valence-electron chi connectivity index (χ0n) is 8.97. The first kappa shape index (κ1) is 12.9. The van der Waals surface area contributed by atoms with Crippen LogP contribution in [0.15, 0.2) is 21.5 Å². The molecular weight excluding hydrogens is 232 g/mol. The second kappa shape index (κ2) is 5.80. The Bertz CT molecular complexity index is 474. The molecule has 0 bridgehead atoms. The number of hydrogen-bond acceptors (Lipinski definition) is 7. The van der Waals surface area contributed by atoms with Gasteiger partial charge in [-0.05, 0) is 6.92 Å². The van der Waals surface area contributed by atoms with E-state index in [1.54, 1.807) is 0 Å². The zero-order valence-corrected chi connectivity index (χ0v) is 8.97. The third-order valence-corrected chi connectivity index (χ3v) is 1.65. The summed E-state index contributed by atoms with van der Waals surface area (Å²) in [4.78, 5) is 33.3. The van der Waals surface area contributed by atoms with Gasteiger partial charge in [0.1, 0.15) is 18.6 Å². The number of carbonyl (C=O) groups is 2. The van der Waals surface area contributed by atoms with E-state index in [1.165, 1.54) is 6.92 Å². The van der Waals surface area contributed by atoms with Crippen molar-refractivity contribution in [2.24, 2.45) is 0 Å². The lowest BCUT2D eigenvalue weighted by atomic mass is 10.4. The normalized spacial score (nSPS) is 9.76. The second-order valence-electron chi connectivity index (χ2n) is 2.84. The Morgan fingerprint density at radius 2 is 2.12 bits per heavy atom. The number of rotatable bonds is 3. The van der Waals surface area contributed by atoms with Crippen molar-refractivity contribution in [2.45, 2.75) is 13.5 Å². The molecule has 0 atom stereocenters. The van der Waals surface area contributed by atoms with Crippen LogP contribution in [0.5, 0.6) is 5.75 Å². The Kier molecular flexibility index (Phi) is 4.41. The average molecular weight is 242 g/mol. The van der Waals surface area contributed by atoms with Crippen molar-refractivity contribution in [3.63, 3.8) is 0 Å². The summed E-state index contributed by atoms with van der Waals surface area (Å²) < 4.78 is 13.6. The van der Waals surface area contributed by atoms with Crippen molar-refractivity contribution in [1.29, 1.82) is 0 Å². The predicted molar refractivity (Wildman–Crippen MR) is 53.2 cm³/mol. The highest BCUT2D eigenvalue weighted by atomic mass is 16.6. The van der Waals surface area contributed by atoms with Gasteiger partial charge < -0.3 is 19.0 Å². The summed E-state index contributed by atoms with van der Waals surface area (Å²) in [5, 5.41) is 8.68. The van der Waals surface area contributed by atoms with Gasteiger partial charge in [0, 0.05) is 6.07 Å². The predicted octanol–water partition coefficient (Wildman–Crippen LogP) is -0.399. The van der Waals surface area contributed by atoms with Crippen LogP contribution in [-0.2, 0) is 20.9 Å². The van der Waals surface area contributed by atoms with Crippen LogP contribution in [0.4, 0.5) is 0 Å². The summed E-state index contributed by atoms with van der Waals surface area (Å²) in [6.07, 6.45) is 0.838. The molecule has 0 aliphatic rings. The maximum absolute atomic E-state index is 11.3. The van der Waals surface area contributed by atoms with Gasteiger partial charge in [-0.2, -0.15) is 0 Å². The lowest BCUT2D eigenvalue weighted by Gasteiger charge is -2.02. The smallest absolute Gasteiger partial charge is 0.423 e. The van der Waals surface area contributed by atoms with Gasteiger partial charge in [0.05, 0.1) is 6.61 Å². The fraction of sp³-hybridized carbons (Fsp3) is 0.300. The van der Waals surface area contributed by atoms with E-state index in [1.807, 2.05) is 0 Å². The molecule has 0 amide bonds. The molecule has 1 aromatic rings. The van der Waals surface area contributed by atoms with Crippen LogP contribution < -0.4 is 10.2 Å². The standard InChI is InChI=1S/C10H10O7/c1-2-15-9(13)10(14)17-8-5-16-6(4-11)3-7(8)12/h3,5,11H,2,4H2,1H3. The van der Waals surface area contributed by atoms with Gasteiger partial charge in [0.2, 0.25) is 11.2 Å². The lowest BCUT2D eigenvalue weighted by Crippen LogP contribution is -2.25. The molecule has 0 radical (unpaired) electrons. The molecule has 0 aliphatic heterocycles. The van der Waals surface area contributed by atoms with E-state index in [9.17, 15) is 14.4 Å². The average Bonchev–Trinajstić information content (AvgIpc) is 2.31. The van der Waals surface area contributed by atoms with E-state index in [2.05, 4.69) is 9.47 Å². The highest BCUT2D eigenvalue weighted by Crippen LogP contribution is 2.06. The minimum atomic E-state index is -1.31. The second-order valence-corrected chi connectivity index (χ2v) is 2.84. The molecule has 92 valence electrons. The van der Waals surface area contributed by atoms with E-state index in [4.69, 9.17) is 9.52 Å². The van der Waals surface area contributed by atoms with Crippen LogP contribution in [0.25, 0.3) is 0 Å². The van der Waals surface area contributed by atoms with Gasteiger partial charge in [0.25, 0.3) is 0 Å². The molecule has 1 aromatic heterocycles. The van der Waals surface area contributed by atoms with E-state index in [0.717, 1.165) is 12.3 Å². The molecule has 0 spiro atoms. The highest BCUT2D eigenvalue weighted by Gasteiger charge is 2.19. The van der Waals surface area contributed by atoms with Crippen molar-refractivity contribution in [3.8, 4) is 5.75 Å². The number of aliphatic hydroxyl groups is 1.